The number of azo groups is 1. The molecule has 0 aromatic heterocycles. The number of allylic oxidation sites excluding steroid dienone is 1. The molecule has 0 aliphatic heterocycles. The van der Waals surface area contributed by atoms with Gasteiger partial charge in [-0.15, -0.1) is 0 Å². The highest BCUT2D eigenvalue weighted by Gasteiger charge is 1.94. The van der Waals surface area contributed by atoms with Crippen molar-refractivity contribution >= 4 is 0 Å². The molecule has 0 aromatic rings. The van der Waals surface area contributed by atoms with Crippen molar-refractivity contribution in [2.75, 3.05) is 0 Å². The minimum absolute atomic E-state index is 0.369. The van der Waals surface area contributed by atoms with E-state index in [1.807, 2.05) is 27.7 Å². The molecule has 0 radical (unpaired) electrons. The molecule has 0 aliphatic carbocycles. The van der Waals surface area contributed by atoms with Crippen molar-refractivity contribution in [1.82, 2.24) is 0 Å². The molecule has 0 amide bonds. The summed E-state index contributed by atoms with van der Waals surface area (Å²) >= 11 is 0. The van der Waals surface area contributed by atoms with Gasteiger partial charge < -0.3 is 0 Å². The third-order valence-electron chi connectivity index (χ3n) is 0.934. The van der Waals surface area contributed by atoms with E-state index < -0.39 is 0 Å². The fourth-order valence-electron chi connectivity index (χ4n) is 0.230. The molecule has 0 atom stereocenters. The molecule has 0 heterocycles. The highest BCUT2D eigenvalue weighted by Crippen LogP contribution is 2.07. The van der Waals surface area contributed by atoms with Crippen molar-refractivity contribution in [3.63, 3.8) is 0 Å². The van der Waals surface area contributed by atoms with E-state index in [0.717, 1.165) is 5.70 Å². The minimum atomic E-state index is 0.369. The van der Waals surface area contributed by atoms with Gasteiger partial charge in [0, 0.05) is 6.20 Å². The molecule has 0 unspecified atom stereocenters. The smallest absolute Gasteiger partial charge is 0.0584 e. The van der Waals surface area contributed by atoms with E-state index in [9.17, 15) is 0 Å². The molecule has 0 aliphatic rings. The Labute approximate surface area is 69.7 Å². The second-order valence-electron chi connectivity index (χ2n) is 2.04. The molecule has 0 N–H and O–H groups in total. The van der Waals surface area contributed by atoms with Gasteiger partial charge >= 0.3 is 0 Å². The van der Waals surface area contributed by atoms with Crippen molar-refractivity contribution in [3.8, 4) is 0 Å². The van der Waals surface area contributed by atoms with Crippen LogP contribution in [0.15, 0.2) is 35.3 Å². The summed E-state index contributed by atoms with van der Waals surface area (Å²) in [5.41, 5.74) is 0.787. The summed E-state index contributed by atoms with van der Waals surface area (Å²) in [4.78, 5) is 0. The Balaban J connectivity index is 0. The molecule has 2 heteroatoms. The number of nitrogens with zero attached hydrogens (tertiary/aromatic N) is 2. The van der Waals surface area contributed by atoms with Crippen LogP contribution in [0.1, 0.15) is 27.7 Å². The predicted molar refractivity (Wildman–Crippen MR) is 50.4 cm³/mol. The zero-order valence-corrected chi connectivity index (χ0v) is 7.96. The fraction of sp³-hybridized carbons (Fsp3) is 0.556. The van der Waals surface area contributed by atoms with Crippen LogP contribution < -0.4 is 0 Å². The van der Waals surface area contributed by atoms with Gasteiger partial charge in [-0.05, 0) is 5.92 Å². The van der Waals surface area contributed by atoms with Crippen molar-refractivity contribution in [1.29, 1.82) is 0 Å². The number of hydrogen-bond acceptors (Lipinski definition) is 2. The largest absolute Gasteiger partial charge is 0.160 e. The van der Waals surface area contributed by atoms with Crippen molar-refractivity contribution < 1.29 is 0 Å². The third-order valence-corrected chi connectivity index (χ3v) is 0.934. The first-order valence-corrected chi connectivity index (χ1v) is 3.89. The molecule has 0 bridgehead atoms. The van der Waals surface area contributed by atoms with Crippen molar-refractivity contribution in [2.45, 2.75) is 27.7 Å². The Hall–Kier alpha value is -0.920. The Bertz CT molecular complexity index is 134. The van der Waals surface area contributed by atoms with Crippen LogP contribution in [0.4, 0.5) is 0 Å². The molecular weight excluding hydrogens is 136 g/mol. The van der Waals surface area contributed by atoms with Crippen LogP contribution in [0.2, 0.25) is 0 Å². The van der Waals surface area contributed by atoms with Gasteiger partial charge in [0.05, 0.1) is 5.70 Å². The zero-order chi connectivity index (χ0) is 9.28. The number of rotatable bonds is 3. The van der Waals surface area contributed by atoms with E-state index in [1.165, 1.54) is 6.20 Å². The van der Waals surface area contributed by atoms with Gasteiger partial charge in [0.1, 0.15) is 0 Å². The van der Waals surface area contributed by atoms with Crippen LogP contribution >= 0.6 is 0 Å². The molecule has 0 rings (SSSR count). The van der Waals surface area contributed by atoms with Gasteiger partial charge in [0.25, 0.3) is 0 Å². The highest BCUT2D eigenvalue weighted by atomic mass is 15.1. The fourth-order valence-corrected chi connectivity index (χ4v) is 0.230. The highest BCUT2D eigenvalue weighted by molar-refractivity contribution is 4.93. The molecular formula is C9H18N2. The summed E-state index contributed by atoms with van der Waals surface area (Å²) in [6, 6.07) is 0. The lowest BCUT2D eigenvalue weighted by Crippen LogP contribution is -1.85. The maximum Gasteiger partial charge on any atom is 0.0584 e. The zero-order valence-electron chi connectivity index (χ0n) is 7.96. The first-order chi connectivity index (χ1) is 5.18. The second-order valence-corrected chi connectivity index (χ2v) is 2.04. The monoisotopic (exact) mass is 154 g/mol. The lowest BCUT2D eigenvalue weighted by Gasteiger charge is -1.98. The van der Waals surface area contributed by atoms with Crippen LogP contribution in [0.3, 0.4) is 0 Å². The third kappa shape index (κ3) is 9.08. The van der Waals surface area contributed by atoms with Gasteiger partial charge in [-0.1, -0.05) is 40.9 Å². The van der Waals surface area contributed by atoms with E-state index in [4.69, 9.17) is 0 Å². The van der Waals surface area contributed by atoms with E-state index in [2.05, 4.69) is 23.4 Å². The summed E-state index contributed by atoms with van der Waals surface area (Å²) in [7, 11) is 0. The Kier molecular flexibility index (Phi) is 10.5. The molecule has 64 valence electrons. The SMILES string of the molecule is C=CN=NC(=C)C(C)C.CC. The molecule has 0 fully saturated rings. The first kappa shape index (κ1) is 12.7. The molecule has 0 spiro atoms. The van der Waals surface area contributed by atoms with Crippen LogP contribution in [0, 0.1) is 5.92 Å². The van der Waals surface area contributed by atoms with E-state index in [0.29, 0.717) is 5.92 Å². The molecule has 0 saturated carbocycles. The van der Waals surface area contributed by atoms with E-state index in [-0.39, 0.29) is 0 Å². The van der Waals surface area contributed by atoms with Gasteiger partial charge in [0.15, 0.2) is 0 Å². The molecule has 0 saturated heterocycles. The lowest BCUT2D eigenvalue weighted by molar-refractivity contribution is 0.746. The first-order valence-electron chi connectivity index (χ1n) is 3.89. The Morgan fingerprint density at radius 1 is 1.36 bits per heavy atom. The summed E-state index contributed by atoms with van der Waals surface area (Å²) in [6.45, 7) is 15.1. The second kappa shape index (κ2) is 9.08. The topological polar surface area (TPSA) is 24.7 Å². The van der Waals surface area contributed by atoms with Crippen LogP contribution in [0.5, 0.6) is 0 Å². The van der Waals surface area contributed by atoms with Gasteiger partial charge in [0.2, 0.25) is 0 Å². The number of hydrogen-bond donors (Lipinski definition) is 0. The average Bonchev–Trinajstić information content (AvgIpc) is 2.03. The van der Waals surface area contributed by atoms with E-state index >= 15 is 0 Å². The van der Waals surface area contributed by atoms with Crippen molar-refractivity contribution in [3.05, 3.63) is 25.1 Å². The predicted octanol–water partition coefficient (Wildman–Crippen LogP) is 3.78. The van der Waals surface area contributed by atoms with Gasteiger partial charge in [-0.2, -0.15) is 10.2 Å². The van der Waals surface area contributed by atoms with Crippen LogP contribution in [-0.2, 0) is 0 Å². The van der Waals surface area contributed by atoms with Crippen LogP contribution in [0.25, 0.3) is 0 Å². The Morgan fingerprint density at radius 3 is 2.09 bits per heavy atom. The Morgan fingerprint density at radius 2 is 1.82 bits per heavy atom. The maximum atomic E-state index is 3.75. The molecule has 11 heavy (non-hydrogen) atoms. The average molecular weight is 154 g/mol. The minimum Gasteiger partial charge on any atom is -0.160 e. The summed E-state index contributed by atoms with van der Waals surface area (Å²) in [6.07, 6.45) is 1.40. The van der Waals surface area contributed by atoms with Gasteiger partial charge in [-0.25, -0.2) is 0 Å². The standard InChI is InChI=1S/C7H12N2.C2H6/c1-5-8-9-7(4)6(2)3;1-2/h5-6H,1,4H2,2-3H3;1-2H3. The summed E-state index contributed by atoms with van der Waals surface area (Å²) < 4.78 is 0. The van der Waals surface area contributed by atoms with E-state index in [1.54, 1.807) is 0 Å². The summed E-state index contributed by atoms with van der Waals surface area (Å²) in [5, 5.41) is 7.34. The van der Waals surface area contributed by atoms with Gasteiger partial charge in [-0.3, -0.25) is 0 Å². The maximum absolute atomic E-state index is 3.75. The summed E-state index contributed by atoms with van der Waals surface area (Å²) in [5.74, 6) is 0.369. The lowest BCUT2D eigenvalue weighted by atomic mass is 10.2. The normalized spacial score (nSPS) is 9.18. The van der Waals surface area contributed by atoms with Crippen LogP contribution in [-0.4, -0.2) is 0 Å². The molecule has 2 nitrogen and oxygen atoms in total. The molecule has 0 aromatic carbocycles. The van der Waals surface area contributed by atoms with Crippen molar-refractivity contribution in [2.24, 2.45) is 16.1 Å². The quantitative estimate of drug-likeness (QED) is 0.553.